The summed E-state index contributed by atoms with van der Waals surface area (Å²) in [5.41, 5.74) is 2.13. The number of anilines is 2. The molecule has 7 heteroatoms. The fourth-order valence-electron chi connectivity index (χ4n) is 2.05. The largest absolute Gasteiger partial charge is 0.376 e. The van der Waals surface area contributed by atoms with E-state index < -0.39 is 10.7 Å². The van der Waals surface area contributed by atoms with Crippen LogP contribution in [0.5, 0.6) is 0 Å². The van der Waals surface area contributed by atoms with E-state index in [-0.39, 0.29) is 18.1 Å². The van der Waals surface area contributed by atoms with Gasteiger partial charge in [0.05, 0.1) is 11.5 Å². The Balaban J connectivity index is 2.01. The van der Waals surface area contributed by atoms with Gasteiger partial charge in [0.15, 0.2) is 0 Å². The van der Waals surface area contributed by atoms with Crippen LogP contribution in [0.4, 0.5) is 21.5 Å². The molecule has 0 unspecified atom stereocenters. The van der Waals surface area contributed by atoms with E-state index in [9.17, 15) is 19.3 Å². The summed E-state index contributed by atoms with van der Waals surface area (Å²) >= 11 is 0. The van der Waals surface area contributed by atoms with E-state index >= 15 is 0 Å². The number of nitrogens with one attached hydrogen (secondary N) is 2. The van der Waals surface area contributed by atoms with Crippen molar-refractivity contribution in [3.05, 3.63) is 63.5 Å². The molecule has 0 saturated heterocycles. The number of amides is 1. The molecular formula is C16H16FN3O3. The zero-order valence-corrected chi connectivity index (χ0v) is 12.7. The molecule has 2 N–H and O–H groups in total. The van der Waals surface area contributed by atoms with Crippen LogP contribution in [0.25, 0.3) is 0 Å². The molecule has 23 heavy (non-hydrogen) atoms. The Morgan fingerprint density at radius 1 is 1.17 bits per heavy atom. The number of halogens is 1. The number of benzene rings is 2. The number of hydrogen-bond donors (Lipinski definition) is 2. The van der Waals surface area contributed by atoms with Gasteiger partial charge >= 0.3 is 0 Å². The topological polar surface area (TPSA) is 84.3 Å². The van der Waals surface area contributed by atoms with Crippen molar-refractivity contribution in [3.63, 3.8) is 0 Å². The van der Waals surface area contributed by atoms with Crippen LogP contribution in [0.3, 0.4) is 0 Å². The first-order valence-electron chi connectivity index (χ1n) is 6.92. The van der Waals surface area contributed by atoms with Crippen LogP contribution in [0.15, 0.2) is 36.4 Å². The van der Waals surface area contributed by atoms with E-state index in [0.29, 0.717) is 16.9 Å². The molecule has 2 rings (SSSR count). The van der Waals surface area contributed by atoms with E-state index in [1.165, 1.54) is 18.2 Å². The maximum absolute atomic E-state index is 13.2. The first-order valence-corrected chi connectivity index (χ1v) is 6.92. The summed E-state index contributed by atoms with van der Waals surface area (Å²) in [5, 5.41) is 16.3. The number of rotatable bonds is 5. The van der Waals surface area contributed by atoms with Gasteiger partial charge in [-0.25, -0.2) is 4.39 Å². The maximum Gasteiger partial charge on any atom is 0.274 e. The Kier molecular flexibility index (Phi) is 4.90. The summed E-state index contributed by atoms with van der Waals surface area (Å²) in [4.78, 5) is 22.3. The van der Waals surface area contributed by atoms with Crippen LogP contribution >= 0.6 is 0 Å². The minimum Gasteiger partial charge on any atom is -0.376 e. The van der Waals surface area contributed by atoms with Gasteiger partial charge in [0.1, 0.15) is 5.82 Å². The van der Waals surface area contributed by atoms with Gasteiger partial charge in [-0.1, -0.05) is 12.1 Å². The lowest BCUT2D eigenvalue weighted by Crippen LogP contribution is -2.22. The van der Waals surface area contributed by atoms with Crippen molar-refractivity contribution in [2.24, 2.45) is 0 Å². The Bertz CT molecular complexity index is 762. The molecule has 0 aliphatic heterocycles. The van der Waals surface area contributed by atoms with E-state index in [1.54, 1.807) is 32.0 Å². The summed E-state index contributed by atoms with van der Waals surface area (Å²) in [6.07, 6.45) is 0. The quantitative estimate of drug-likeness (QED) is 0.654. The van der Waals surface area contributed by atoms with Crippen molar-refractivity contribution in [1.29, 1.82) is 0 Å². The van der Waals surface area contributed by atoms with Gasteiger partial charge in [-0.2, -0.15) is 0 Å². The summed E-state index contributed by atoms with van der Waals surface area (Å²) in [6.45, 7) is 3.34. The molecule has 1 amide bonds. The van der Waals surface area contributed by atoms with Gasteiger partial charge in [-0.15, -0.1) is 0 Å². The first-order chi connectivity index (χ1) is 10.9. The lowest BCUT2D eigenvalue weighted by Gasteiger charge is -2.10. The standard InChI is InChI=1S/C16H16FN3O3/c1-10-3-5-12(17)7-14(10)18-9-16(21)19-13-6-4-11(2)15(8-13)20(22)23/h3-8,18H,9H2,1-2H3,(H,19,21). The SMILES string of the molecule is Cc1ccc(F)cc1NCC(=O)Nc1ccc(C)c([N+](=O)[O-])c1. The fourth-order valence-corrected chi connectivity index (χ4v) is 2.05. The molecule has 2 aromatic rings. The van der Waals surface area contributed by atoms with Gasteiger partial charge in [0.2, 0.25) is 5.91 Å². The summed E-state index contributed by atoms with van der Waals surface area (Å²) in [6, 6.07) is 8.72. The van der Waals surface area contributed by atoms with Crippen LogP contribution in [0.1, 0.15) is 11.1 Å². The lowest BCUT2D eigenvalue weighted by atomic mass is 10.2. The summed E-state index contributed by atoms with van der Waals surface area (Å²) in [5.74, 6) is -0.778. The number of aryl methyl sites for hydroxylation is 2. The summed E-state index contributed by atoms with van der Waals surface area (Å²) < 4.78 is 13.2. The van der Waals surface area contributed by atoms with Gasteiger partial charge in [0.25, 0.3) is 5.69 Å². The van der Waals surface area contributed by atoms with E-state index in [0.717, 1.165) is 5.56 Å². The van der Waals surface area contributed by atoms with Crippen LogP contribution in [-0.4, -0.2) is 17.4 Å². The van der Waals surface area contributed by atoms with Crippen molar-refractivity contribution in [3.8, 4) is 0 Å². The molecule has 0 aromatic heterocycles. The number of carbonyl (C=O) groups excluding carboxylic acids is 1. The zero-order valence-electron chi connectivity index (χ0n) is 12.7. The highest BCUT2D eigenvalue weighted by Crippen LogP contribution is 2.22. The zero-order chi connectivity index (χ0) is 17.0. The second kappa shape index (κ2) is 6.87. The minimum atomic E-state index is -0.501. The third kappa shape index (κ3) is 4.26. The van der Waals surface area contributed by atoms with Gasteiger partial charge in [0, 0.05) is 23.0 Å². The predicted molar refractivity (Wildman–Crippen MR) is 86.1 cm³/mol. The second-order valence-corrected chi connectivity index (χ2v) is 5.12. The fraction of sp³-hybridized carbons (Fsp3) is 0.188. The highest BCUT2D eigenvalue weighted by molar-refractivity contribution is 5.94. The second-order valence-electron chi connectivity index (χ2n) is 5.12. The van der Waals surface area contributed by atoms with Crippen LogP contribution < -0.4 is 10.6 Å². The molecule has 0 heterocycles. The smallest absolute Gasteiger partial charge is 0.274 e. The van der Waals surface area contributed by atoms with Gasteiger partial charge in [-0.05, 0) is 37.6 Å². The highest BCUT2D eigenvalue weighted by atomic mass is 19.1. The molecule has 0 spiro atoms. The molecule has 0 fully saturated rings. The van der Waals surface area contributed by atoms with Gasteiger partial charge < -0.3 is 10.6 Å². The van der Waals surface area contributed by atoms with Crippen LogP contribution in [0, 0.1) is 29.8 Å². The van der Waals surface area contributed by atoms with Gasteiger partial charge in [-0.3, -0.25) is 14.9 Å². The van der Waals surface area contributed by atoms with E-state index in [1.807, 2.05) is 0 Å². The molecule has 120 valence electrons. The average Bonchev–Trinajstić information content (AvgIpc) is 2.50. The molecule has 0 bridgehead atoms. The molecule has 0 aliphatic rings. The Morgan fingerprint density at radius 2 is 1.87 bits per heavy atom. The number of hydrogen-bond acceptors (Lipinski definition) is 4. The number of nitro benzene ring substituents is 1. The Labute approximate surface area is 132 Å². The Hall–Kier alpha value is -2.96. The van der Waals surface area contributed by atoms with Crippen molar-refractivity contribution in [2.45, 2.75) is 13.8 Å². The van der Waals surface area contributed by atoms with E-state index in [4.69, 9.17) is 0 Å². The predicted octanol–water partition coefficient (Wildman–Crippen LogP) is 3.40. The third-order valence-electron chi connectivity index (χ3n) is 3.33. The Morgan fingerprint density at radius 3 is 2.57 bits per heavy atom. The number of nitrogens with zero attached hydrogens (tertiary/aromatic N) is 1. The first kappa shape index (κ1) is 16.4. The molecule has 0 saturated carbocycles. The molecule has 0 atom stereocenters. The van der Waals surface area contributed by atoms with Crippen LogP contribution in [0.2, 0.25) is 0 Å². The lowest BCUT2D eigenvalue weighted by molar-refractivity contribution is -0.385. The number of nitro groups is 1. The highest BCUT2D eigenvalue weighted by Gasteiger charge is 2.12. The number of carbonyl (C=O) groups is 1. The van der Waals surface area contributed by atoms with E-state index in [2.05, 4.69) is 10.6 Å². The molecule has 0 radical (unpaired) electrons. The molecular weight excluding hydrogens is 301 g/mol. The molecule has 6 nitrogen and oxygen atoms in total. The van der Waals surface area contributed by atoms with Crippen molar-refractivity contribution >= 4 is 23.0 Å². The molecule has 0 aliphatic carbocycles. The van der Waals surface area contributed by atoms with Crippen LogP contribution in [-0.2, 0) is 4.79 Å². The third-order valence-corrected chi connectivity index (χ3v) is 3.33. The van der Waals surface area contributed by atoms with Crippen molar-refractivity contribution in [1.82, 2.24) is 0 Å². The monoisotopic (exact) mass is 317 g/mol. The maximum atomic E-state index is 13.2. The summed E-state index contributed by atoms with van der Waals surface area (Å²) in [7, 11) is 0. The normalized spacial score (nSPS) is 10.2. The van der Waals surface area contributed by atoms with Crippen molar-refractivity contribution < 1.29 is 14.1 Å². The minimum absolute atomic E-state index is 0.0586. The molecule has 2 aromatic carbocycles. The van der Waals surface area contributed by atoms with Crippen molar-refractivity contribution in [2.75, 3.05) is 17.2 Å². The average molecular weight is 317 g/mol.